The third-order valence-corrected chi connectivity index (χ3v) is 3.68. The molecule has 0 aliphatic heterocycles. The van der Waals surface area contributed by atoms with E-state index in [1.165, 1.54) is 11.8 Å². The van der Waals surface area contributed by atoms with Crippen LogP contribution in [-0.4, -0.2) is 17.0 Å². The van der Waals surface area contributed by atoms with Gasteiger partial charge >= 0.3 is 0 Å². The first-order valence-corrected chi connectivity index (χ1v) is 7.79. The van der Waals surface area contributed by atoms with Crippen LogP contribution in [0.25, 0.3) is 11.5 Å². The first-order chi connectivity index (χ1) is 9.32. The molecule has 106 valence electrons. The van der Waals surface area contributed by atoms with E-state index in [0.29, 0.717) is 21.7 Å². The maximum absolute atomic E-state index is 12.4. The maximum atomic E-state index is 12.4. The zero-order valence-corrected chi connectivity index (χ0v) is 13.4. The van der Waals surface area contributed by atoms with Crippen molar-refractivity contribution in [3.63, 3.8) is 0 Å². The van der Waals surface area contributed by atoms with Crippen molar-refractivity contribution in [2.45, 2.75) is 25.8 Å². The number of Topliss-reactive ketones (excluding diaryl/α,β-unsaturated/α-hetero) is 1. The SMILES string of the molecule is CSc1nc(-c2ccc(Cl)cc2)oc1C(=O)C(C)(C)C. The number of aromatic nitrogens is 1. The molecule has 0 unspecified atom stereocenters. The summed E-state index contributed by atoms with van der Waals surface area (Å²) in [6, 6.07) is 7.18. The number of carbonyl (C=O) groups is 1. The van der Waals surface area contributed by atoms with Crippen LogP contribution in [0, 0.1) is 5.41 Å². The zero-order valence-electron chi connectivity index (χ0n) is 11.9. The predicted molar refractivity (Wildman–Crippen MR) is 82.5 cm³/mol. The van der Waals surface area contributed by atoms with Crippen LogP contribution in [0.5, 0.6) is 0 Å². The molecule has 0 atom stereocenters. The number of oxazole rings is 1. The fourth-order valence-corrected chi connectivity index (χ4v) is 2.26. The number of rotatable bonds is 3. The van der Waals surface area contributed by atoms with Gasteiger partial charge in [-0.05, 0) is 30.5 Å². The minimum Gasteiger partial charge on any atom is -0.432 e. The molecule has 0 N–H and O–H groups in total. The highest BCUT2D eigenvalue weighted by molar-refractivity contribution is 7.98. The van der Waals surface area contributed by atoms with E-state index >= 15 is 0 Å². The van der Waals surface area contributed by atoms with Gasteiger partial charge in [0, 0.05) is 16.0 Å². The van der Waals surface area contributed by atoms with Gasteiger partial charge in [-0.1, -0.05) is 32.4 Å². The number of benzene rings is 1. The van der Waals surface area contributed by atoms with Crippen molar-refractivity contribution in [2.24, 2.45) is 5.41 Å². The van der Waals surface area contributed by atoms with Gasteiger partial charge in [0.2, 0.25) is 17.4 Å². The van der Waals surface area contributed by atoms with Gasteiger partial charge < -0.3 is 4.42 Å². The first kappa shape index (κ1) is 15.1. The van der Waals surface area contributed by atoms with Crippen molar-refractivity contribution in [3.8, 4) is 11.5 Å². The second kappa shape index (κ2) is 5.62. The Balaban J connectivity index is 2.46. The topological polar surface area (TPSA) is 43.1 Å². The van der Waals surface area contributed by atoms with Gasteiger partial charge in [-0.15, -0.1) is 11.8 Å². The lowest BCUT2D eigenvalue weighted by Gasteiger charge is -2.14. The molecule has 0 spiro atoms. The van der Waals surface area contributed by atoms with Crippen LogP contribution >= 0.6 is 23.4 Å². The predicted octanol–water partition coefficient (Wildman–Crippen LogP) is 4.95. The summed E-state index contributed by atoms with van der Waals surface area (Å²) >= 11 is 7.27. The Labute approximate surface area is 127 Å². The highest BCUT2D eigenvalue weighted by atomic mass is 35.5. The summed E-state index contributed by atoms with van der Waals surface area (Å²) < 4.78 is 5.70. The molecule has 2 rings (SSSR count). The lowest BCUT2D eigenvalue weighted by molar-refractivity contribution is 0.0825. The zero-order chi connectivity index (χ0) is 14.9. The molecule has 0 saturated carbocycles. The molecule has 5 heteroatoms. The number of carbonyl (C=O) groups excluding carboxylic acids is 1. The van der Waals surface area contributed by atoms with Gasteiger partial charge in [0.1, 0.15) is 5.03 Å². The molecule has 20 heavy (non-hydrogen) atoms. The molecular formula is C15H16ClNO2S. The third-order valence-electron chi connectivity index (χ3n) is 2.77. The summed E-state index contributed by atoms with van der Waals surface area (Å²) in [5.41, 5.74) is 0.305. The number of halogens is 1. The van der Waals surface area contributed by atoms with Crippen LogP contribution in [0.2, 0.25) is 5.02 Å². The fraction of sp³-hybridized carbons (Fsp3) is 0.333. The fourth-order valence-electron chi connectivity index (χ4n) is 1.64. The minimum absolute atomic E-state index is 0.0467. The molecule has 0 saturated heterocycles. The molecule has 0 radical (unpaired) electrons. The van der Waals surface area contributed by atoms with Crippen molar-refractivity contribution in [3.05, 3.63) is 35.0 Å². The van der Waals surface area contributed by atoms with E-state index in [-0.39, 0.29) is 5.78 Å². The van der Waals surface area contributed by atoms with E-state index < -0.39 is 5.41 Å². The standard InChI is InChI=1S/C15H16ClNO2S/c1-15(2,3)12(18)11-14(20-4)17-13(19-11)9-5-7-10(16)8-6-9/h5-8H,1-4H3. The summed E-state index contributed by atoms with van der Waals surface area (Å²) in [5.74, 6) is 0.725. The lowest BCUT2D eigenvalue weighted by atomic mass is 9.90. The molecule has 0 amide bonds. The van der Waals surface area contributed by atoms with E-state index in [0.717, 1.165) is 5.56 Å². The van der Waals surface area contributed by atoms with Crippen LogP contribution < -0.4 is 0 Å². The van der Waals surface area contributed by atoms with Gasteiger partial charge in [-0.3, -0.25) is 4.79 Å². The normalized spacial score (nSPS) is 11.7. The number of hydrogen-bond acceptors (Lipinski definition) is 4. The maximum Gasteiger partial charge on any atom is 0.228 e. The summed E-state index contributed by atoms with van der Waals surface area (Å²) in [6.07, 6.45) is 1.88. The number of nitrogens with zero attached hydrogens (tertiary/aromatic N) is 1. The number of ketones is 1. The quantitative estimate of drug-likeness (QED) is 0.594. The van der Waals surface area contributed by atoms with Crippen molar-refractivity contribution >= 4 is 29.1 Å². The largest absolute Gasteiger partial charge is 0.432 e. The van der Waals surface area contributed by atoms with Crippen LogP contribution in [0.15, 0.2) is 33.7 Å². The van der Waals surface area contributed by atoms with Crippen LogP contribution in [-0.2, 0) is 0 Å². The Morgan fingerprint density at radius 1 is 1.25 bits per heavy atom. The van der Waals surface area contributed by atoms with E-state index in [4.69, 9.17) is 16.0 Å². The smallest absolute Gasteiger partial charge is 0.228 e. The van der Waals surface area contributed by atoms with Crippen LogP contribution in [0.4, 0.5) is 0 Å². The highest BCUT2D eigenvalue weighted by Crippen LogP contribution is 2.32. The van der Waals surface area contributed by atoms with Crippen LogP contribution in [0.1, 0.15) is 31.3 Å². The average molecular weight is 310 g/mol. The average Bonchev–Trinajstić information content (AvgIpc) is 2.81. The molecule has 2 aromatic rings. The second-order valence-electron chi connectivity index (χ2n) is 5.44. The number of hydrogen-bond donors (Lipinski definition) is 0. The summed E-state index contributed by atoms with van der Waals surface area (Å²) in [6.45, 7) is 5.60. The Kier molecular flexibility index (Phi) is 4.25. The van der Waals surface area contributed by atoms with Crippen molar-refractivity contribution in [1.82, 2.24) is 4.98 Å². The minimum atomic E-state index is -0.499. The molecule has 3 nitrogen and oxygen atoms in total. The van der Waals surface area contributed by atoms with Gasteiger partial charge in [-0.2, -0.15) is 0 Å². The summed E-state index contributed by atoms with van der Waals surface area (Å²) in [7, 11) is 0. The third kappa shape index (κ3) is 3.07. The Morgan fingerprint density at radius 2 is 1.85 bits per heavy atom. The summed E-state index contributed by atoms with van der Waals surface area (Å²) in [5, 5.41) is 1.27. The van der Waals surface area contributed by atoms with Gasteiger partial charge in [-0.25, -0.2) is 4.98 Å². The molecule has 1 aromatic carbocycles. The Hall–Kier alpha value is -1.26. The Bertz CT molecular complexity index is 626. The molecule has 0 fully saturated rings. The molecule has 1 heterocycles. The molecule has 0 aliphatic carbocycles. The van der Waals surface area contributed by atoms with Crippen molar-refractivity contribution in [2.75, 3.05) is 6.26 Å². The lowest BCUT2D eigenvalue weighted by Crippen LogP contribution is -2.20. The molecular weight excluding hydrogens is 294 g/mol. The van der Waals surface area contributed by atoms with E-state index in [2.05, 4.69) is 4.98 Å². The van der Waals surface area contributed by atoms with Gasteiger partial charge in [0.25, 0.3) is 0 Å². The van der Waals surface area contributed by atoms with Gasteiger partial charge in [0.15, 0.2) is 0 Å². The molecule has 0 bridgehead atoms. The molecule has 0 aliphatic rings. The van der Waals surface area contributed by atoms with Crippen LogP contribution in [0.3, 0.4) is 0 Å². The van der Waals surface area contributed by atoms with E-state index in [1.807, 2.05) is 39.2 Å². The van der Waals surface area contributed by atoms with Crippen molar-refractivity contribution < 1.29 is 9.21 Å². The number of thioether (sulfide) groups is 1. The van der Waals surface area contributed by atoms with Crippen molar-refractivity contribution in [1.29, 1.82) is 0 Å². The van der Waals surface area contributed by atoms with E-state index in [1.54, 1.807) is 12.1 Å². The molecule has 1 aromatic heterocycles. The first-order valence-electron chi connectivity index (χ1n) is 6.18. The Morgan fingerprint density at radius 3 is 2.35 bits per heavy atom. The second-order valence-corrected chi connectivity index (χ2v) is 6.67. The summed E-state index contributed by atoms with van der Waals surface area (Å²) in [4.78, 5) is 16.8. The highest BCUT2D eigenvalue weighted by Gasteiger charge is 2.30. The van der Waals surface area contributed by atoms with E-state index in [9.17, 15) is 4.79 Å². The monoisotopic (exact) mass is 309 g/mol. The van der Waals surface area contributed by atoms with Gasteiger partial charge in [0.05, 0.1) is 0 Å².